The first-order valence-electron chi connectivity index (χ1n) is 5.35. The van der Waals surface area contributed by atoms with Gasteiger partial charge in [0.15, 0.2) is 0 Å². The minimum Gasteiger partial charge on any atom is -0.465 e. The van der Waals surface area contributed by atoms with E-state index < -0.39 is 21.7 Å². The Balaban J connectivity index is 3.22. The third kappa shape index (κ3) is 4.81. The van der Waals surface area contributed by atoms with Gasteiger partial charge in [-0.15, -0.1) is 0 Å². The van der Waals surface area contributed by atoms with Crippen LogP contribution in [0.5, 0.6) is 0 Å². The van der Waals surface area contributed by atoms with Crippen LogP contribution in [0.1, 0.15) is 20.8 Å². The predicted octanol–water partition coefficient (Wildman–Crippen LogP) is 2.62. The zero-order valence-corrected chi connectivity index (χ0v) is 13.1. The van der Waals surface area contributed by atoms with E-state index in [2.05, 4.69) is 26.0 Å². The number of nitrogens with one attached hydrogen (secondary N) is 2. The lowest BCUT2D eigenvalue weighted by Gasteiger charge is -2.21. The van der Waals surface area contributed by atoms with E-state index in [9.17, 15) is 13.2 Å². The molecule has 1 rings (SSSR count). The van der Waals surface area contributed by atoms with Crippen LogP contribution in [0, 0.1) is 0 Å². The molecule has 6 nitrogen and oxygen atoms in total. The van der Waals surface area contributed by atoms with Crippen molar-refractivity contribution in [3.8, 4) is 0 Å². The first-order chi connectivity index (χ1) is 8.51. The summed E-state index contributed by atoms with van der Waals surface area (Å²) in [5.74, 6) is 0. The van der Waals surface area contributed by atoms with Crippen LogP contribution in [0.4, 0.5) is 10.5 Å². The number of sulfonamides is 1. The average molecular weight is 351 g/mol. The molecule has 0 heterocycles. The summed E-state index contributed by atoms with van der Waals surface area (Å²) in [6.07, 6.45) is -1.26. The number of amides is 1. The van der Waals surface area contributed by atoms with E-state index in [1.165, 1.54) is 18.2 Å². The molecule has 0 fully saturated rings. The summed E-state index contributed by atoms with van der Waals surface area (Å²) in [6.45, 7) is 5.16. The first-order valence-corrected chi connectivity index (χ1v) is 7.62. The number of anilines is 1. The molecule has 0 spiro atoms. The smallest absolute Gasteiger partial charge is 0.409 e. The molecular formula is C11H15BrN2O4S. The van der Waals surface area contributed by atoms with Crippen LogP contribution < -0.4 is 10.0 Å². The van der Waals surface area contributed by atoms with Gasteiger partial charge in [0.2, 0.25) is 10.0 Å². The zero-order chi connectivity index (χ0) is 14.8. The van der Waals surface area contributed by atoms with Gasteiger partial charge in [-0.05, 0) is 54.9 Å². The Kier molecular flexibility index (Phi) is 4.59. The molecule has 0 bridgehead atoms. The molecule has 0 unspecified atom stereocenters. The van der Waals surface area contributed by atoms with Gasteiger partial charge in [0.05, 0.1) is 4.90 Å². The van der Waals surface area contributed by atoms with Gasteiger partial charge in [0.25, 0.3) is 0 Å². The molecule has 0 radical (unpaired) electrons. The molecule has 3 N–H and O–H groups in total. The van der Waals surface area contributed by atoms with Crippen molar-refractivity contribution < 1.29 is 18.3 Å². The fraction of sp³-hybridized carbons (Fsp3) is 0.364. The maximum Gasteiger partial charge on any atom is 0.409 e. The van der Waals surface area contributed by atoms with Crippen LogP contribution in [-0.2, 0) is 10.0 Å². The summed E-state index contributed by atoms with van der Waals surface area (Å²) in [7, 11) is -3.74. The summed E-state index contributed by atoms with van der Waals surface area (Å²) >= 11 is 3.15. The third-order valence-corrected chi connectivity index (χ3v) is 4.66. The minimum atomic E-state index is -3.74. The first kappa shape index (κ1) is 15.9. The second kappa shape index (κ2) is 5.48. The molecular weight excluding hydrogens is 336 g/mol. The lowest BCUT2D eigenvalue weighted by molar-refractivity contribution is 0.209. The van der Waals surface area contributed by atoms with E-state index in [0.29, 0.717) is 4.47 Å². The lowest BCUT2D eigenvalue weighted by Crippen LogP contribution is -2.40. The lowest BCUT2D eigenvalue weighted by atomic mass is 10.1. The number of halogens is 1. The maximum absolute atomic E-state index is 12.2. The fourth-order valence-corrected chi connectivity index (χ4v) is 3.78. The van der Waals surface area contributed by atoms with Gasteiger partial charge in [-0.1, -0.05) is 0 Å². The quantitative estimate of drug-likeness (QED) is 0.780. The van der Waals surface area contributed by atoms with Crippen molar-refractivity contribution in [1.29, 1.82) is 0 Å². The van der Waals surface area contributed by atoms with Crippen molar-refractivity contribution in [2.45, 2.75) is 31.2 Å². The minimum absolute atomic E-state index is 0.0197. The van der Waals surface area contributed by atoms with E-state index in [4.69, 9.17) is 5.11 Å². The highest BCUT2D eigenvalue weighted by molar-refractivity contribution is 9.10. The Morgan fingerprint density at radius 1 is 1.32 bits per heavy atom. The van der Waals surface area contributed by atoms with E-state index >= 15 is 0 Å². The SMILES string of the molecule is CC(C)(C)NS(=O)(=O)c1cc(NC(=O)O)ccc1Br. The monoisotopic (exact) mass is 350 g/mol. The summed E-state index contributed by atoms with van der Waals surface area (Å²) in [5.41, 5.74) is -0.445. The second-order valence-electron chi connectivity index (χ2n) is 4.93. The van der Waals surface area contributed by atoms with Crippen molar-refractivity contribution in [3.05, 3.63) is 22.7 Å². The Bertz CT molecular complexity index is 593. The number of carbonyl (C=O) groups is 1. The van der Waals surface area contributed by atoms with Crippen molar-refractivity contribution in [2.24, 2.45) is 0 Å². The van der Waals surface area contributed by atoms with Gasteiger partial charge in [-0.2, -0.15) is 0 Å². The molecule has 0 saturated heterocycles. The standard InChI is InChI=1S/C11H15BrN2O4S/c1-11(2,3)14-19(17,18)9-6-7(13-10(15)16)4-5-8(9)12/h4-6,13-14H,1-3H3,(H,15,16). The normalized spacial score (nSPS) is 12.2. The van der Waals surface area contributed by atoms with Crippen molar-refractivity contribution in [2.75, 3.05) is 5.32 Å². The maximum atomic E-state index is 12.2. The molecule has 0 aromatic heterocycles. The van der Waals surface area contributed by atoms with E-state index in [1.54, 1.807) is 20.8 Å². The van der Waals surface area contributed by atoms with Crippen molar-refractivity contribution in [1.82, 2.24) is 4.72 Å². The Morgan fingerprint density at radius 3 is 2.37 bits per heavy atom. The third-order valence-electron chi connectivity index (χ3n) is 1.91. The number of rotatable bonds is 3. The molecule has 106 valence electrons. The van der Waals surface area contributed by atoms with E-state index in [-0.39, 0.29) is 10.6 Å². The zero-order valence-electron chi connectivity index (χ0n) is 10.7. The van der Waals surface area contributed by atoms with Gasteiger partial charge in [-0.25, -0.2) is 17.9 Å². The Hall–Kier alpha value is -1.12. The molecule has 0 saturated carbocycles. The molecule has 0 atom stereocenters. The van der Waals surface area contributed by atoms with Gasteiger partial charge in [-0.3, -0.25) is 5.32 Å². The topological polar surface area (TPSA) is 95.5 Å². The molecule has 19 heavy (non-hydrogen) atoms. The van der Waals surface area contributed by atoms with Crippen LogP contribution in [0.2, 0.25) is 0 Å². The number of hydrogen-bond acceptors (Lipinski definition) is 3. The molecule has 1 amide bonds. The summed E-state index contributed by atoms with van der Waals surface area (Å²) in [5, 5.41) is 10.7. The van der Waals surface area contributed by atoms with Gasteiger partial charge < -0.3 is 5.11 Å². The van der Waals surface area contributed by atoms with Gasteiger partial charge in [0, 0.05) is 15.7 Å². The molecule has 0 aliphatic carbocycles. The predicted molar refractivity (Wildman–Crippen MR) is 75.9 cm³/mol. The van der Waals surface area contributed by atoms with Crippen LogP contribution >= 0.6 is 15.9 Å². The van der Waals surface area contributed by atoms with Crippen LogP contribution in [0.25, 0.3) is 0 Å². The summed E-state index contributed by atoms with van der Waals surface area (Å²) in [6, 6.07) is 4.20. The van der Waals surface area contributed by atoms with Crippen molar-refractivity contribution in [3.63, 3.8) is 0 Å². The molecule has 1 aromatic rings. The van der Waals surface area contributed by atoms with Crippen LogP contribution in [0.15, 0.2) is 27.6 Å². The number of carboxylic acid groups (broad SMARTS) is 1. The molecule has 1 aromatic carbocycles. The highest BCUT2D eigenvalue weighted by Crippen LogP contribution is 2.26. The number of hydrogen-bond donors (Lipinski definition) is 3. The molecule has 0 aliphatic rings. The average Bonchev–Trinajstić information content (AvgIpc) is 2.16. The van der Waals surface area contributed by atoms with Gasteiger partial charge >= 0.3 is 6.09 Å². The highest BCUT2D eigenvalue weighted by Gasteiger charge is 2.24. The van der Waals surface area contributed by atoms with Gasteiger partial charge in [0.1, 0.15) is 0 Å². The molecule has 0 aliphatic heterocycles. The van der Waals surface area contributed by atoms with E-state index in [0.717, 1.165) is 0 Å². The summed E-state index contributed by atoms with van der Waals surface area (Å²) in [4.78, 5) is 10.5. The Morgan fingerprint density at radius 2 is 1.89 bits per heavy atom. The summed E-state index contributed by atoms with van der Waals surface area (Å²) < 4.78 is 27.2. The molecule has 8 heteroatoms. The van der Waals surface area contributed by atoms with Crippen molar-refractivity contribution >= 4 is 37.7 Å². The second-order valence-corrected chi connectivity index (χ2v) is 7.44. The van der Waals surface area contributed by atoms with Crippen LogP contribution in [-0.4, -0.2) is 25.2 Å². The van der Waals surface area contributed by atoms with E-state index in [1.807, 2.05) is 0 Å². The largest absolute Gasteiger partial charge is 0.465 e. The highest BCUT2D eigenvalue weighted by atomic mass is 79.9. The van der Waals surface area contributed by atoms with Crippen LogP contribution in [0.3, 0.4) is 0 Å². The number of benzene rings is 1. The fourth-order valence-electron chi connectivity index (χ4n) is 1.37. The Labute approximate surface area is 120 Å².